The normalized spacial score (nSPS) is 18.9. The second kappa shape index (κ2) is 7.25. The van der Waals surface area contributed by atoms with Crippen molar-refractivity contribution in [2.75, 3.05) is 39.5 Å². The lowest BCUT2D eigenvalue weighted by molar-refractivity contribution is -0.0371. The maximum absolute atomic E-state index is 5.58. The molecule has 0 amide bonds. The van der Waals surface area contributed by atoms with E-state index in [1.165, 1.54) is 32.4 Å². The molecule has 1 heterocycles. The van der Waals surface area contributed by atoms with Gasteiger partial charge in [-0.3, -0.25) is 0 Å². The average molecular weight is 229 g/mol. The lowest BCUT2D eigenvalue weighted by atomic mass is 10.1. The lowest BCUT2D eigenvalue weighted by Crippen LogP contribution is -2.33. The number of rotatable bonds is 6. The molecule has 0 aliphatic carbocycles. The molecule has 1 fully saturated rings. The summed E-state index contributed by atoms with van der Waals surface area (Å²) in [7, 11) is 0. The number of hydrogen-bond acceptors (Lipinski definition) is 3. The Morgan fingerprint density at radius 1 is 0.938 bits per heavy atom. The molecular weight excluding hydrogens is 202 g/mol. The van der Waals surface area contributed by atoms with Gasteiger partial charge < -0.3 is 14.4 Å². The number of ether oxygens (including phenoxy) is 2. The van der Waals surface area contributed by atoms with Crippen LogP contribution < -0.4 is 0 Å². The van der Waals surface area contributed by atoms with Crippen LogP contribution in [0.25, 0.3) is 0 Å². The monoisotopic (exact) mass is 229 g/mol. The molecule has 3 heteroatoms. The molecule has 16 heavy (non-hydrogen) atoms. The van der Waals surface area contributed by atoms with Crippen LogP contribution in [-0.4, -0.2) is 50.0 Å². The summed E-state index contributed by atoms with van der Waals surface area (Å²) in [5.41, 5.74) is -0.0454. The van der Waals surface area contributed by atoms with E-state index in [0.717, 1.165) is 13.2 Å². The van der Waals surface area contributed by atoms with Crippen LogP contribution in [0.3, 0.4) is 0 Å². The van der Waals surface area contributed by atoms with Gasteiger partial charge in [-0.05, 0) is 46.7 Å². The zero-order valence-electron chi connectivity index (χ0n) is 11.1. The smallest absolute Gasteiger partial charge is 0.0707 e. The van der Waals surface area contributed by atoms with E-state index >= 15 is 0 Å². The van der Waals surface area contributed by atoms with Crippen molar-refractivity contribution in [3.8, 4) is 0 Å². The third kappa shape index (κ3) is 7.20. The van der Waals surface area contributed by atoms with Gasteiger partial charge in [-0.2, -0.15) is 0 Å². The van der Waals surface area contributed by atoms with Gasteiger partial charge in [0.25, 0.3) is 0 Å². The fourth-order valence-corrected chi connectivity index (χ4v) is 1.89. The molecule has 0 unspecified atom stereocenters. The summed E-state index contributed by atoms with van der Waals surface area (Å²) in [5.74, 6) is 0. The van der Waals surface area contributed by atoms with Crippen molar-refractivity contribution in [2.24, 2.45) is 0 Å². The SMILES string of the molecule is CC(C)(C)OCCOCCN1CCCCC1. The minimum atomic E-state index is -0.0454. The van der Waals surface area contributed by atoms with Crippen molar-refractivity contribution in [2.45, 2.75) is 45.6 Å². The highest BCUT2D eigenvalue weighted by Crippen LogP contribution is 2.08. The van der Waals surface area contributed by atoms with Crippen LogP contribution >= 0.6 is 0 Å². The quantitative estimate of drug-likeness (QED) is 0.652. The minimum Gasteiger partial charge on any atom is -0.378 e. The highest BCUT2D eigenvalue weighted by atomic mass is 16.5. The van der Waals surface area contributed by atoms with Crippen LogP contribution in [0.2, 0.25) is 0 Å². The molecule has 1 aliphatic rings. The van der Waals surface area contributed by atoms with E-state index in [-0.39, 0.29) is 5.60 Å². The standard InChI is InChI=1S/C13H27NO2/c1-13(2,3)16-12-11-15-10-9-14-7-5-4-6-8-14/h4-12H2,1-3H3. The highest BCUT2D eigenvalue weighted by Gasteiger charge is 2.10. The Labute approximate surface area is 100 Å². The average Bonchev–Trinajstić information content (AvgIpc) is 2.23. The first-order valence-electron chi connectivity index (χ1n) is 6.52. The molecule has 1 rings (SSSR count). The van der Waals surface area contributed by atoms with Gasteiger partial charge in [-0.15, -0.1) is 0 Å². The molecule has 3 nitrogen and oxygen atoms in total. The highest BCUT2D eigenvalue weighted by molar-refractivity contribution is 4.63. The lowest BCUT2D eigenvalue weighted by Gasteiger charge is -2.26. The summed E-state index contributed by atoms with van der Waals surface area (Å²) in [4.78, 5) is 2.49. The van der Waals surface area contributed by atoms with Gasteiger partial charge >= 0.3 is 0 Å². The molecule has 0 aromatic heterocycles. The van der Waals surface area contributed by atoms with Crippen molar-refractivity contribution < 1.29 is 9.47 Å². The Balaban J connectivity index is 1.87. The molecule has 1 saturated heterocycles. The van der Waals surface area contributed by atoms with Crippen LogP contribution in [-0.2, 0) is 9.47 Å². The summed E-state index contributed by atoms with van der Waals surface area (Å²) < 4.78 is 11.1. The number of nitrogens with zero attached hydrogens (tertiary/aromatic N) is 1. The maximum Gasteiger partial charge on any atom is 0.0707 e. The summed E-state index contributed by atoms with van der Waals surface area (Å²) >= 11 is 0. The molecule has 0 radical (unpaired) electrons. The van der Waals surface area contributed by atoms with Gasteiger partial charge in [-0.1, -0.05) is 6.42 Å². The first-order chi connectivity index (χ1) is 7.58. The van der Waals surface area contributed by atoms with Gasteiger partial charge in [0.2, 0.25) is 0 Å². The number of likely N-dealkylation sites (tertiary alicyclic amines) is 1. The first-order valence-corrected chi connectivity index (χ1v) is 6.52. The van der Waals surface area contributed by atoms with E-state index in [2.05, 4.69) is 25.7 Å². The van der Waals surface area contributed by atoms with E-state index in [9.17, 15) is 0 Å². The maximum atomic E-state index is 5.58. The Bertz CT molecular complexity index is 171. The van der Waals surface area contributed by atoms with Crippen molar-refractivity contribution in [1.82, 2.24) is 4.90 Å². The molecule has 1 aliphatic heterocycles. The van der Waals surface area contributed by atoms with E-state index in [0.29, 0.717) is 13.2 Å². The van der Waals surface area contributed by atoms with Crippen molar-refractivity contribution in [3.05, 3.63) is 0 Å². The molecule has 96 valence electrons. The van der Waals surface area contributed by atoms with Crippen LogP contribution in [0.15, 0.2) is 0 Å². The van der Waals surface area contributed by atoms with Crippen molar-refractivity contribution >= 4 is 0 Å². The topological polar surface area (TPSA) is 21.7 Å². The predicted molar refractivity (Wildman–Crippen MR) is 66.8 cm³/mol. The molecule has 0 aromatic rings. The fourth-order valence-electron chi connectivity index (χ4n) is 1.89. The second-order valence-electron chi connectivity index (χ2n) is 5.48. The largest absolute Gasteiger partial charge is 0.378 e. The van der Waals surface area contributed by atoms with E-state index < -0.39 is 0 Å². The molecule has 0 N–H and O–H groups in total. The molecule has 0 atom stereocenters. The third-order valence-corrected chi connectivity index (χ3v) is 2.76. The summed E-state index contributed by atoms with van der Waals surface area (Å²) in [6.45, 7) is 12.0. The number of hydrogen-bond donors (Lipinski definition) is 0. The van der Waals surface area contributed by atoms with E-state index in [1.807, 2.05) is 0 Å². The van der Waals surface area contributed by atoms with Crippen molar-refractivity contribution in [1.29, 1.82) is 0 Å². The first kappa shape index (κ1) is 13.9. The Kier molecular flexibility index (Phi) is 6.32. The summed E-state index contributed by atoms with van der Waals surface area (Å²) in [5, 5.41) is 0. The summed E-state index contributed by atoms with van der Waals surface area (Å²) in [6.07, 6.45) is 4.11. The fraction of sp³-hybridized carbons (Fsp3) is 1.00. The van der Waals surface area contributed by atoms with Gasteiger partial charge in [0.15, 0.2) is 0 Å². The zero-order valence-corrected chi connectivity index (χ0v) is 11.1. The molecule has 0 spiro atoms. The Morgan fingerprint density at radius 2 is 1.62 bits per heavy atom. The Morgan fingerprint density at radius 3 is 2.25 bits per heavy atom. The van der Waals surface area contributed by atoms with Crippen LogP contribution in [0, 0.1) is 0 Å². The number of piperidine rings is 1. The molecule has 0 aromatic carbocycles. The minimum absolute atomic E-state index is 0.0454. The predicted octanol–water partition coefficient (Wildman–Crippen LogP) is 2.30. The third-order valence-electron chi connectivity index (χ3n) is 2.76. The van der Waals surface area contributed by atoms with E-state index in [1.54, 1.807) is 0 Å². The van der Waals surface area contributed by atoms with Crippen LogP contribution in [0.1, 0.15) is 40.0 Å². The van der Waals surface area contributed by atoms with Crippen LogP contribution in [0.4, 0.5) is 0 Å². The second-order valence-corrected chi connectivity index (χ2v) is 5.48. The van der Waals surface area contributed by atoms with Crippen LogP contribution in [0.5, 0.6) is 0 Å². The Hall–Kier alpha value is -0.120. The van der Waals surface area contributed by atoms with Gasteiger partial charge in [0.05, 0.1) is 25.4 Å². The molecule has 0 bridgehead atoms. The molecule has 0 saturated carbocycles. The van der Waals surface area contributed by atoms with Gasteiger partial charge in [0.1, 0.15) is 0 Å². The van der Waals surface area contributed by atoms with Gasteiger partial charge in [-0.25, -0.2) is 0 Å². The summed E-state index contributed by atoms with van der Waals surface area (Å²) in [6, 6.07) is 0. The van der Waals surface area contributed by atoms with Gasteiger partial charge in [0, 0.05) is 6.54 Å². The molecular formula is C13H27NO2. The zero-order chi connectivity index (χ0) is 11.9. The van der Waals surface area contributed by atoms with E-state index in [4.69, 9.17) is 9.47 Å². The van der Waals surface area contributed by atoms with Crippen molar-refractivity contribution in [3.63, 3.8) is 0 Å².